The van der Waals surface area contributed by atoms with Gasteiger partial charge >= 0.3 is 23.9 Å². The van der Waals surface area contributed by atoms with Crippen LogP contribution in [0.1, 0.15) is 64.6 Å². The summed E-state index contributed by atoms with van der Waals surface area (Å²) < 4.78 is 121. The minimum absolute atomic E-state index is 0.0164. The second-order valence-corrected chi connectivity index (χ2v) is 23.6. The first-order valence-electron chi connectivity index (χ1n) is 31.1. The Bertz CT molecular complexity index is 5340. The zero-order valence-electron chi connectivity index (χ0n) is 55.6. The summed E-state index contributed by atoms with van der Waals surface area (Å²) in [5.41, 5.74) is 10.0. The lowest BCUT2D eigenvalue weighted by Crippen LogP contribution is -2.20. The number of nitrogens with zero attached hydrogens (tertiary/aromatic N) is 8. The number of methoxy groups -OCH3 is 3. The third-order valence-corrected chi connectivity index (χ3v) is 15.8. The summed E-state index contributed by atoms with van der Waals surface area (Å²) in [4.78, 5) is 87.4. The number of fused-ring (bicyclic) bond motifs is 5. The molecule has 0 radical (unpaired) electrons. The molecule has 34 heteroatoms. The van der Waals surface area contributed by atoms with E-state index in [1.165, 1.54) is 161 Å². The molecule has 5 N–H and O–H groups in total. The summed E-state index contributed by atoms with van der Waals surface area (Å²) in [6, 6.07) is 29.5. The first kappa shape index (κ1) is 76.9. The minimum Gasteiger partial charge on any atom is -0.506 e. The Kier molecular flexibility index (Phi) is 25.3. The van der Waals surface area contributed by atoms with Crippen molar-refractivity contribution in [2.45, 2.75) is 12.8 Å². The van der Waals surface area contributed by atoms with E-state index in [1.54, 1.807) is 11.0 Å². The molecule has 0 saturated carbocycles. The second kappa shape index (κ2) is 35.2. The van der Waals surface area contributed by atoms with Crippen molar-refractivity contribution in [2.24, 2.45) is 0 Å². The number of hydrogen-bond donors (Lipinski definition) is 4. The molecular formula is C73H53BrCl2F6N10O15. The highest BCUT2D eigenvalue weighted by atomic mass is 79.9. The molecule has 0 bridgehead atoms. The Labute approximate surface area is 618 Å². The van der Waals surface area contributed by atoms with E-state index in [1.807, 2.05) is 0 Å². The van der Waals surface area contributed by atoms with Gasteiger partial charge in [-0.3, -0.25) is 4.79 Å². The van der Waals surface area contributed by atoms with Crippen molar-refractivity contribution in [1.29, 1.82) is 0 Å². The Morgan fingerprint density at radius 1 is 0.542 bits per heavy atom. The second-order valence-electron chi connectivity index (χ2n) is 22.0. The van der Waals surface area contributed by atoms with Gasteiger partial charge in [0, 0.05) is 79.8 Å². The third-order valence-electron chi connectivity index (χ3n) is 14.9. The number of nitrogens with one attached hydrogen (secondary N) is 1. The van der Waals surface area contributed by atoms with Crippen molar-refractivity contribution in [1.82, 2.24) is 34.9 Å². The molecule has 2 aliphatic rings. The summed E-state index contributed by atoms with van der Waals surface area (Å²) in [7, 11) is 3.76. The lowest BCUT2D eigenvalue weighted by atomic mass is 10.1. The predicted molar refractivity (Wildman–Crippen MR) is 381 cm³/mol. The third kappa shape index (κ3) is 19.4. The van der Waals surface area contributed by atoms with Crippen LogP contribution in [0.25, 0.3) is 67.7 Å². The van der Waals surface area contributed by atoms with E-state index in [9.17, 15) is 55.4 Å². The summed E-state index contributed by atoms with van der Waals surface area (Å²) in [5, 5.41) is 21.9. The quantitative estimate of drug-likeness (QED) is 0.0198. The Morgan fingerprint density at radius 2 is 0.991 bits per heavy atom. The Morgan fingerprint density at radius 3 is 1.53 bits per heavy atom. The van der Waals surface area contributed by atoms with Crippen LogP contribution in [0.5, 0.6) is 17.2 Å². The maximum absolute atomic E-state index is 13.9. The number of aromatic hydroxyl groups is 1. The SMILES string of the molecule is COC(=O)c1cc(Br)ncc1-c1nc2cc(F)ccc2o1.COC(=O)c1cc(Cl)ncc1-c1nc2cc(F)ccc2o1.COC(=O)c1cc(Cl)ncc1C=O.Fc1ccc2c(c1)NCCCO2.Nc1cc(F)ccc1O.O=C(O)c1cc(N2CCCOc3ccc(F)cc32)ncc1-c1nc2cc(F)ccc2o1. The van der Waals surface area contributed by atoms with Crippen molar-refractivity contribution in [3.8, 4) is 51.6 Å². The average molecular weight is 1580 g/mol. The molecule has 7 aromatic heterocycles. The molecule has 9 heterocycles. The van der Waals surface area contributed by atoms with Gasteiger partial charge < -0.3 is 63.1 Å². The van der Waals surface area contributed by atoms with Crippen LogP contribution in [0.4, 0.5) is 49.2 Å². The molecule has 15 rings (SSSR count). The van der Waals surface area contributed by atoms with E-state index in [0.29, 0.717) is 93.2 Å². The summed E-state index contributed by atoms with van der Waals surface area (Å²) >= 11 is 14.5. The van der Waals surface area contributed by atoms with Crippen LogP contribution in [0.3, 0.4) is 0 Å². The van der Waals surface area contributed by atoms with Crippen molar-refractivity contribution < 1.29 is 97.5 Å². The van der Waals surface area contributed by atoms with E-state index in [4.69, 9.17) is 66.2 Å². The van der Waals surface area contributed by atoms with Crippen molar-refractivity contribution in [3.05, 3.63) is 236 Å². The lowest BCUT2D eigenvalue weighted by Gasteiger charge is -2.23. The molecular weight excluding hydrogens is 1520 g/mol. The number of phenols is 1. The smallest absolute Gasteiger partial charge is 0.338 e. The highest BCUT2D eigenvalue weighted by molar-refractivity contribution is 9.10. The molecule has 0 spiro atoms. The number of esters is 3. The van der Waals surface area contributed by atoms with Gasteiger partial charge in [-0.05, 0) is 126 Å². The fourth-order valence-corrected chi connectivity index (χ4v) is 10.6. The van der Waals surface area contributed by atoms with Crippen LogP contribution in [0.15, 0.2) is 176 Å². The van der Waals surface area contributed by atoms with E-state index in [2.05, 4.69) is 60.9 Å². The number of anilines is 4. The maximum Gasteiger partial charge on any atom is 0.338 e. The van der Waals surface area contributed by atoms with Crippen LogP contribution in [-0.4, -0.2) is 123 Å². The molecule has 0 fully saturated rings. The van der Waals surface area contributed by atoms with Crippen LogP contribution >= 0.6 is 39.1 Å². The number of oxazole rings is 3. The maximum atomic E-state index is 13.9. The van der Waals surface area contributed by atoms with E-state index in [0.717, 1.165) is 36.5 Å². The van der Waals surface area contributed by atoms with Gasteiger partial charge in [-0.25, -0.2) is 80.4 Å². The van der Waals surface area contributed by atoms with Gasteiger partial charge in [-0.1, -0.05) is 23.2 Å². The molecule has 548 valence electrons. The monoisotopic (exact) mass is 1570 g/mol. The number of carbonyl (C=O) groups excluding carboxylic acids is 4. The highest BCUT2D eigenvalue weighted by Gasteiger charge is 2.26. The number of pyridine rings is 4. The van der Waals surface area contributed by atoms with Crippen molar-refractivity contribution >= 4 is 125 Å². The van der Waals surface area contributed by atoms with Gasteiger partial charge in [0.05, 0.1) is 90.5 Å². The molecule has 25 nitrogen and oxygen atoms in total. The fourth-order valence-electron chi connectivity index (χ4n) is 9.92. The molecule has 0 unspecified atom stereocenters. The number of benzene rings is 6. The van der Waals surface area contributed by atoms with Crippen LogP contribution in [0.2, 0.25) is 10.3 Å². The highest BCUT2D eigenvalue weighted by Crippen LogP contribution is 2.39. The average Bonchev–Trinajstić information content (AvgIpc) is 1.73. The van der Waals surface area contributed by atoms with Gasteiger partial charge in [-0.2, -0.15) is 0 Å². The molecule has 6 aromatic carbocycles. The molecule has 0 amide bonds. The number of phenolic OH excluding ortho intramolecular Hbond substituents is 1. The van der Waals surface area contributed by atoms with Gasteiger partial charge in [0.1, 0.15) is 89.4 Å². The number of aromatic carboxylic acids is 1. The van der Waals surface area contributed by atoms with E-state index in [-0.39, 0.29) is 84.1 Å². The molecule has 0 saturated heterocycles. The Hall–Kier alpha value is -12.7. The first-order chi connectivity index (χ1) is 51.4. The number of carboxylic acids is 1. The number of nitrogen functional groups attached to an aromatic ring is 1. The van der Waals surface area contributed by atoms with Crippen LogP contribution < -0.4 is 25.4 Å². The summed E-state index contributed by atoms with van der Waals surface area (Å²) in [6.07, 6.45) is 7.48. The molecule has 13 aromatic rings. The number of halogens is 9. The van der Waals surface area contributed by atoms with Crippen LogP contribution in [0, 0.1) is 34.9 Å². The first-order valence-corrected chi connectivity index (χ1v) is 32.7. The molecule has 107 heavy (non-hydrogen) atoms. The number of carboxylic acid groups (broad SMARTS) is 1. The Balaban J connectivity index is 0.000000144. The van der Waals surface area contributed by atoms with Gasteiger partial charge in [0.15, 0.2) is 23.0 Å². The lowest BCUT2D eigenvalue weighted by molar-refractivity contribution is 0.0591. The fraction of sp³-hybridized carbons (Fsp3) is 0.123. The number of rotatable bonds is 9. The molecule has 2 aliphatic heterocycles. The number of carbonyl (C=O) groups is 5. The normalized spacial score (nSPS) is 11.8. The van der Waals surface area contributed by atoms with Crippen molar-refractivity contribution in [2.75, 3.05) is 63.6 Å². The topological polar surface area (TPSA) is 343 Å². The zero-order valence-corrected chi connectivity index (χ0v) is 58.7. The minimum atomic E-state index is -1.21. The van der Waals surface area contributed by atoms with Gasteiger partial charge in [-0.15, -0.1) is 0 Å². The molecule has 0 atom stereocenters. The van der Waals surface area contributed by atoms with Gasteiger partial charge in [0.25, 0.3) is 0 Å². The summed E-state index contributed by atoms with van der Waals surface area (Å²) in [6.45, 7) is 2.45. The number of nitrogens with two attached hydrogens (primary N) is 1. The van der Waals surface area contributed by atoms with E-state index < -0.39 is 53.0 Å². The predicted octanol–water partition coefficient (Wildman–Crippen LogP) is 16.3. The van der Waals surface area contributed by atoms with Crippen molar-refractivity contribution in [3.63, 3.8) is 0 Å². The number of aldehydes is 1. The number of ether oxygens (including phenoxy) is 5. The van der Waals surface area contributed by atoms with Gasteiger partial charge in [0.2, 0.25) is 17.7 Å². The summed E-state index contributed by atoms with van der Waals surface area (Å²) in [5.74, 6) is -3.58. The molecule has 0 aliphatic carbocycles. The standard InChI is InChI=1S/C22H15F2N3O4.C14H8BrFN2O3.C14H8ClFN2O3.C9H10FNO.C8H6ClNO3.C6H6FNO/c23-12-2-4-18-16(8-12)26-21(31-18)15-11-25-20(10-14(15)22(28)29)27-6-1-7-30-19-5-3-13(24)9-17(19)27;2*1-20-14(19)8-5-12(15)17-6-9(8)13-18-10-4-7(16)2-3-11(10)21-13;10-7-2-3-9-8(6-7)11-4-1-5-12-9;1-13-8(12)6-2-7(9)10-3-5(6)4-11;7-4-1-2-6(9)5(8)3-4/h2-5,8-11H,1,6-7H2,(H,28,29);2*2-6H,1H3;2-3,6,11H,1,4-5H2;2-4H,1H3;1-3,9H,8H2. The number of aromatic nitrogens is 7. The largest absolute Gasteiger partial charge is 0.506 e. The van der Waals surface area contributed by atoms with E-state index >= 15 is 0 Å². The number of hydrogen-bond acceptors (Lipinski definition) is 24. The zero-order chi connectivity index (χ0) is 76.6. The van der Waals surface area contributed by atoms with Crippen LogP contribution in [-0.2, 0) is 14.2 Å².